The zero-order valence-electron chi connectivity index (χ0n) is 13.5. The first kappa shape index (κ1) is 18.1. The van der Waals surface area contributed by atoms with E-state index in [1.54, 1.807) is 0 Å². The molecule has 1 atom stereocenters. The lowest BCUT2D eigenvalue weighted by atomic mass is 9.82. The van der Waals surface area contributed by atoms with Gasteiger partial charge in [0, 0.05) is 6.26 Å². The van der Waals surface area contributed by atoms with Crippen molar-refractivity contribution in [3.8, 4) is 0 Å². The van der Waals surface area contributed by atoms with Crippen LogP contribution in [0.2, 0.25) is 0 Å². The second-order valence-corrected chi connectivity index (χ2v) is 7.69. The van der Waals surface area contributed by atoms with Gasteiger partial charge in [0.05, 0.1) is 24.3 Å². The van der Waals surface area contributed by atoms with E-state index in [9.17, 15) is 23.1 Å². The van der Waals surface area contributed by atoms with E-state index in [-0.39, 0.29) is 17.2 Å². The van der Waals surface area contributed by atoms with Gasteiger partial charge in [-0.05, 0) is 24.6 Å². The lowest BCUT2D eigenvalue weighted by Crippen LogP contribution is -2.42. The highest BCUT2D eigenvalue weighted by Crippen LogP contribution is 2.32. The number of ether oxygens (including phenoxy) is 1. The van der Waals surface area contributed by atoms with Gasteiger partial charge in [-0.3, -0.25) is 9.59 Å². The Hall–Kier alpha value is -2.26. The molecule has 0 aromatic heterocycles. The van der Waals surface area contributed by atoms with Crippen LogP contribution in [0.1, 0.15) is 12.5 Å². The number of amides is 1. The molecule has 2 rings (SSSR count). The summed E-state index contributed by atoms with van der Waals surface area (Å²) in [5.41, 5.74) is -0.570. The normalized spacial score (nSPS) is 20.9. The quantitative estimate of drug-likeness (QED) is 0.733. The highest BCUT2D eigenvalue weighted by molar-refractivity contribution is 7.90. The molecule has 130 valence electrons. The van der Waals surface area contributed by atoms with Gasteiger partial charge in [-0.25, -0.2) is 13.4 Å². The Morgan fingerprint density at radius 1 is 1.33 bits per heavy atom. The molecule has 1 heterocycles. The molecule has 9 heteroatoms. The zero-order chi connectivity index (χ0) is 18.1. The zero-order valence-corrected chi connectivity index (χ0v) is 14.3. The van der Waals surface area contributed by atoms with E-state index in [1.807, 2.05) is 0 Å². The molecule has 1 aromatic rings. The minimum absolute atomic E-state index is 0.133. The van der Waals surface area contributed by atoms with Crippen LogP contribution in [-0.4, -0.2) is 62.6 Å². The van der Waals surface area contributed by atoms with Gasteiger partial charge in [0.25, 0.3) is 5.91 Å². The van der Waals surface area contributed by atoms with E-state index in [4.69, 9.17) is 0 Å². The predicted molar refractivity (Wildman–Crippen MR) is 85.0 cm³/mol. The van der Waals surface area contributed by atoms with Crippen LogP contribution in [0.4, 0.5) is 0 Å². The van der Waals surface area contributed by atoms with Gasteiger partial charge in [-0.2, -0.15) is 5.10 Å². The summed E-state index contributed by atoms with van der Waals surface area (Å²) in [6.45, 7) is 0.641. The number of rotatable bonds is 5. The average Bonchev–Trinajstić information content (AvgIpc) is 2.79. The Balaban J connectivity index is 2.43. The lowest BCUT2D eigenvalue weighted by Gasteiger charge is -2.21. The number of benzene rings is 1. The minimum atomic E-state index is -3.35. The first-order valence-corrected chi connectivity index (χ1v) is 8.92. The maximum atomic E-state index is 12.5. The molecule has 0 saturated heterocycles. The Morgan fingerprint density at radius 2 is 1.92 bits per heavy atom. The van der Waals surface area contributed by atoms with Crippen LogP contribution in [0.25, 0.3) is 0 Å². The van der Waals surface area contributed by atoms with Crippen molar-refractivity contribution in [1.29, 1.82) is 0 Å². The molecule has 1 unspecified atom stereocenters. The second kappa shape index (κ2) is 6.33. The number of sulfone groups is 1. The van der Waals surface area contributed by atoms with Gasteiger partial charge in [0.15, 0.2) is 9.84 Å². The molecule has 1 N–H and O–H groups in total. The molecule has 0 saturated carbocycles. The molecule has 8 nitrogen and oxygen atoms in total. The van der Waals surface area contributed by atoms with E-state index in [1.165, 1.54) is 38.3 Å². The van der Waals surface area contributed by atoms with Crippen LogP contribution in [0.5, 0.6) is 0 Å². The summed E-state index contributed by atoms with van der Waals surface area (Å²) in [6.07, 6.45) is 1.09. The van der Waals surface area contributed by atoms with Crippen molar-refractivity contribution < 1.29 is 27.9 Å². The highest BCUT2D eigenvalue weighted by atomic mass is 32.2. The smallest absolute Gasteiger partial charge is 0.327 e. The molecule has 1 aliphatic rings. The molecule has 24 heavy (non-hydrogen) atoms. The third kappa shape index (κ3) is 3.17. The van der Waals surface area contributed by atoms with E-state index >= 15 is 0 Å². The summed E-state index contributed by atoms with van der Waals surface area (Å²) >= 11 is 0. The van der Waals surface area contributed by atoms with Crippen molar-refractivity contribution in [3.63, 3.8) is 0 Å². The molecule has 0 spiro atoms. The van der Waals surface area contributed by atoms with Gasteiger partial charge in [-0.1, -0.05) is 12.1 Å². The first-order chi connectivity index (χ1) is 11.1. The number of aliphatic hydroxyl groups excluding tert-OH is 1. The Morgan fingerprint density at radius 3 is 2.38 bits per heavy atom. The van der Waals surface area contributed by atoms with Gasteiger partial charge < -0.3 is 9.84 Å². The number of hydrogen-bond donors (Lipinski definition) is 1. The van der Waals surface area contributed by atoms with Crippen LogP contribution >= 0.6 is 0 Å². The molecule has 0 bridgehead atoms. The van der Waals surface area contributed by atoms with Crippen LogP contribution in [0.15, 0.2) is 34.3 Å². The van der Waals surface area contributed by atoms with Gasteiger partial charge in [0.2, 0.25) is 0 Å². The fourth-order valence-corrected chi connectivity index (χ4v) is 2.97. The molecule has 0 aliphatic carbocycles. The van der Waals surface area contributed by atoms with Crippen molar-refractivity contribution >= 4 is 27.4 Å². The number of esters is 1. The Labute approximate surface area is 139 Å². The van der Waals surface area contributed by atoms with Crippen molar-refractivity contribution in [2.24, 2.45) is 10.5 Å². The number of methoxy groups -OCH3 is 1. The lowest BCUT2D eigenvalue weighted by molar-refractivity contribution is -0.148. The van der Waals surface area contributed by atoms with Crippen molar-refractivity contribution in [2.45, 2.75) is 11.8 Å². The third-order valence-electron chi connectivity index (χ3n) is 3.83. The maximum absolute atomic E-state index is 12.5. The fraction of sp³-hybridized carbons (Fsp3) is 0.400. The summed E-state index contributed by atoms with van der Waals surface area (Å²) in [4.78, 5) is 24.0. The summed E-state index contributed by atoms with van der Waals surface area (Å²) in [7, 11) is -2.15. The summed E-state index contributed by atoms with van der Waals surface area (Å²) in [6, 6.07) is 5.83. The SMILES string of the molecule is COC(=O)CN1N=C(c2ccc(S(C)(=O)=O)cc2)C(C)(CO)C1=O. The Bertz CT molecular complexity index is 800. The van der Waals surface area contributed by atoms with E-state index in [0.717, 1.165) is 11.3 Å². The Kier molecular flexibility index (Phi) is 4.77. The first-order valence-electron chi connectivity index (χ1n) is 7.02. The fourth-order valence-electron chi connectivity index (χ4n) is 2.34. The molecule has 1 aromatic carbocycles. The van der Waals surface area contributed by atoms with E-state index < -0.39 is 33.7 Å². The number of nitrogens with zero attached hydrogens (tertiary/aromatic N) is 2. The van der Waals surface area contributed by atoms with Gasteiger partial charge in [-0.15, -0.1) is 0 Å². The average molecular weight is 354 g/mol. The third-order valence-corrected chi connectivity index (χ3v) is 4.96. The van der Waals surface area contributed by atoms with Crippen molar-refractivity contribution in [1.82, 2.24) is 5.01 Å². The number of carbonyl (C=O) groups excluding carboxylic acids is 2. The predicted octanol–water partition coefficient (Wildman–Crippen LogP) is -0.192. The minimum Gasteiger partial charge on any atom is -0.468 e. The number of hydrogen-bond acceptors (Lipinski definition) is 7. The molecule has 0 fully saturated rings. The summed E-state index contributed by atoms with van der Waals surface area (Å²) < 4.78 is 27.6. The molecular weight excluding hydrogens is 336 g/mol. The van der Waals surface area contributed by atoms with Crippen molar-refractivity contribution in [3.05, 3.63) is 29.8 Å². The van der Waals surface area contributed by atoms with Crippen LogP contribution in [-0.2, 0) is 24.2 Å². The molecule has 1 amide bonds. The summed E-state index contributed by atoms with van der Waals surface area (Å²) in [5.74, 6) is -1.17. The van der Waals surface area contributed by atoms with Gasteiger partial charge >= 0.3 is 5.97 Å². The van der Waals surface area contributed by atoms with Gasteiger partial charge in [0.1, 0.15) is 12.0 Å². The topological polar surface area (TPSA) is 113 Å². The van der Waals surface area contributed by atoms with E-state index in [2.05, 4.69) is 9.84 Å². The largest absolute Gasteiger partial charge is 0.468 e. The number of aliphatic hydroxyl groups is 1. The molecule has 1 aliphatic heterocycles. The standard InChI is InChI=1S/C15H18N2O6S/c1-15(9-18)13(16-17(14(15)20)8-12(19)23-2)10-4-6-11(7-5-10)24(3,21)22/h4-7,18H,8-9H2,1-3H3. The second-order valence-electron chi connectivity index (χ2n) is 5.67. The molecular formula is C15H18N2O6S. The van der Waals surface area contributed by atoms with E-state index in [0.29, 0.717) is 5.56 Å². The van der Waals surface area contributed by atoms with Crippen molar-refractivity contribution in [2.75, 3.05) is 26.5 Å². The number of carbonyl (C=O) groups is 2. The monoisotopic (exact) mass is 354 g/mol. The van der Waals surface area contributed by atoms with Crippen LogP contribution < -0.4 is 0 Å². The number of hydrazone groups is 1. The highest BCUT2D eigenvalue weighted by Gasteiger charge is 2.48. The van der Waals surface area contributed by atoms with Crippen LogP contribution in [0, 0.1) is 5.41 Å². The molecule has 0 radical (unpaired) electrons. The summed E-state index contributed by atoms with van der Waals surface area (Å²) in [5, 5.41) is 14.8. The maximum Gasteiger partial charge on any atom is 0.327 e. The van der Waals surface area contributed by atoms with Crippen LogP contribution in [0.3, 0.4) is 0 Å².